The average molecular weight is 214 g/mol. The zero-order valence-corrected chi connectivity index (χ0v) is 9.46. The van der Waals surface area contributed by atoms with E-state index < -0.39 is 6.10 Å². The molecular formula is C11H22N2O2. The normalized spacial score (nSPS) is 20.5. The highest BCUT2D eigenvalue weighted by Crippen LogP contribution is 2.39. The Kier molecular flexibility index (Phi) is 4.54. The Morgan fingerprint density at radius 2 is 2.27 bits per heavy atom. The zero-order valence-electron chi connectivity index (χ0n) is 9.46. The number of carbonyl (C=O) groups is 1. The van der Waals surface area contributed by atoms with Gasteiger partial charge in [-0.25, -0.2) is 0 Å². The summed E-state index contributed by atoms with van der Waals surface area (Å²) in [5.41, 5.74) is 5.28. The highest BCUT2D eigenvalue weighted by atomic mass is 16.3. The number of carbonyl (C=O) groups excluding carboxylic acids is 1. The number of amides is 1. The summed E-state index contributed by atoms with van der Waals surface area (Å²) in [6, 6.07) is 0. The summed E-state index contributed by atoms with van der Waals surface area (Å²) in [6.45, 7) is 2.79. The van der Waals surface area contributed by atoms with Gasteiger partial charge in [-0.1, -0.05) is 19.8 Å². The first-order chi connectivity index (χ1) is 7.14. The summed E-state index contributed by atoms with van der Waals surface area (Å²) in [5.74, 6) is 0.0198. The van der Waals surface area contributed by atoms with Crippen LogP contribution in [0.3, 0.4) is 0 Å². The van der Waals surface area contributed by atoms with Crippen molar-refractivity contribution in [1.82, 2.24) is 5.32 Å². The number of nitrogens with two attached hydrogens (primary N) is 1. The van der Waals surface area contributed by atoms with Crippen LogP contribution in [-0.2, 0) is 4.79 Å². The van der Waals surface area contributed by atoms with E-state index >= 15 is 0 Å². The molecule has 1 rings (SSSR count). The van der Waals surface area contributed by atoms with Gasteiger partial charge in [-0.05, 0) is 19.3 Å². The zero-order chi connectivity index (χ0) is 11.3. The van der Waals surface area contributed by atoms with Crippen LogP contribution >= 0.6 is 0 Å². The number of nitrogens with one attached hydrogen (secondary N) is 1. The molecule has 4 heteroatoms. The Bertz CT molecular complexity index is 209. The van der Waals surface area contributed by atoms with Gasteiger partial charge in [0.2, 0.25) is 5.91 Å². The Labute approximate surface area is 91.2 Å². The predicted molar refractivity (Wildman–Crippen MR) is 59.3 cm³/mol. The van der Waals surface area contributed by atoms with E-state index in [0.717, 1.165) is 32.1 Å². The fourth-order valence-corrected chi connectivity index (χ4v) is 1.96. The number of aliphatic hydroxyl groups is 1. The second kappa shape index (κ2) is 5.47. The molecule has 0 aromatic rings. The fourth-order valence-electron chi connectivity index (χ4n) is 1.96. The summed E-state index contributed by atoms with van der Waals surface area (Å²) < 4.78 is 0. The van der Waals surface area contributed by atoms with Crippen LogP contribution in [0.2, 0.25) is 0 Å². The molecule has 0 heterocycles. The second-order valence-electron chi connectivity index (χ2n) is 4.49. The Hall–Kier alpha value is -0.610. The molecule has 0 spiro atoms. The van der Waals surface area contributed by atoms with Crippen LogP contribution in [0.4, 0.5) is 0 Å². The van der Waals surface area contributed by atoms with Crippen LogP contribution in [0.1, 0.15) is 39.0 Å². The van der Waals surface area contributed by atoms with Gasteiger partial charge in [-0.15, -0.1) is 0 Å². The summed E-state index contributed by atoms with van der Waals surface area (Å²) in [4.78, 5) is 11.8. The van der Waals surface area contributed by atoms with Gasteiger partial charge in [-0.3, -0.25) is 4.79 Å². The van der Waals surface area contributed by atoms with Gasteiger partial charge in [-0.2, -0.15) is 0 Å². The minimum atomic E-state index is -0.422. The maximum Gasteiger partial charge on any atom is 0.227 e. The monoisotopic (exact) mass is 214 g/mol. The van der Waals surface area contributed by atoms with Gasteiger partial charge in [0.25, 0.3) is 0 Å². The Balaban J connectivity index is 2.29. The molecule has 1 amide bonds. The van der Waals surface area contributed by atoms with Crippen LogP contribution in [0.25, 0.3) is 0 Å². The van der Waals surface area contributed by atoms with Crippen LogP contribution in [0.5, 0.6) is 0 Å². The lowest BCUT2D eigenvalue weighted by molar-refractivity contribution is -0.135. The third-order valence-electron chi connectivity index (χ3n) is 3.30. The SMILES string of the molecule is CCCC(O)CNC(=O)C1(CN)CCC1. The molecule has 0 bridgehead atoms. The van der Waals surface area contributed by atoms with E-state index in [2.05, 4.69) is 5.32 Å². The first-order valence-electron chi connectivity index (χ1n) is 5.81. The molecule has 0 aromatic carbocycles. The summed E-state index contributed by atoms with van der Waals surface area (Å²) in [5, 5.41) is 12.3. The molecule has 88 valence electrons. The standard InChI is InChI=1S/C11H22N2O2/c1-2-4-9(14)7-13-10(15)11(8-12)5-3-6-11/h9,14H,2-8,12H2,1H3,(H,13,15). The molecule has 1 saturated carbocycles. The molecule has 0 aliphatic heterocycles. The molecule has 0 aromatic heterocycles. The molecule has 1 fully saturated rings. The molecule has 0 saturated heterocycles. The van der Waals surface area contributed by atoms with Crippen LogP contribution in [-0.4, -0.2) is 30.2 Å². The second-order valence-corrected chi connectivity index (χ2v) is 4.49. The van der Waals surface area contributed by atoms with Gasteiger partial charge >= 0.3 is 0 Å². The minimum absolute atomic E-state index is 0.0198. The third kappa shape index (κ3) is 2.92. The van der Waals surface area contributed by atoms with E-state index in [1.807, 2.05) is 6.92 Å². The van der Waals surface area contributed by atoms with Crippen molar-refractivity contribution in [3.63, 3.8) is 0 Å². The lowest BCUT2D eigenvalue weighted by Gasteiger charge is -2.39. The molecule has 0 radical (unpaired) electrons. The van der Waals surface area contributed by atoms with Crippen molar-refractivity contribution in [3.8, 4) is 0 Å². The largest absolute Gasteiger partial charge is 0.391 e. The molecule has 1 unspecified atom stereocenters. The molecule has 4 nitrogen and oxygen atoms in total. The summed E-state index contributed by atoms with van der Waals surface area (Å²) in [7, 11) is 0. The summed E-state index contributed by atoms with van der Waals surface area (Å²) >= 11 is 0. The van der Waals surface area contributed by atoms with Gasteiger partial charge < -0.3 is 16.2 Å². The van der Waals surface area contributed by atoms with Crippen molar-refractivity contribution in [3.05, 3.63) is 0 Å². The first kappa shape index (κ1) is 12.5. The van der Waals surface area contributed by atoms with Crippen LogP contribution in [0, 0.1) is 5.41 Å². The van der Waals surface area contributed by atoms with Crippen LogP contribution < -0.4 is 11.1 Å². The highest BCUT2D eigenvalue weighted by molar-refractivity contribution is 5.83. The maximum absolute atomic E-state index is 11.8. The van der Waals surface area contributed by atoms with Crippen LogP contribution in [0.15, 0.2) is 0 Å². The van der Waals surface area contributed by atoms with E-state index in [9.17, 15) is 9.90 Å². The van der Waals surface area contributed by atoms with E-state index in [1.54, 1.807) is 0 Å². The van der Waals surface area contributed by atoms with Crippen molar-refractivity contribution in [1.29, 1.82) is 0 Å². The maximum atomic E-state index is 11.8. The molecule has 1 aliphatic carbocycles. The van der Waals surface area contributed by atoms with Crippen molar-refractivity contribution in [2.24, 2.45) is 11.1 Å². The molecule has 4 N–H and O–H groups in total. The quantitative estimate of drug-likeness (QED) is 0.599. The average Bonchev–Trinajstić information content (AvgIpc) is 2.14. The Morgan fingerprint density at radius 1 is 1.60 bits per heavy atom. The van der Waals surface area contributed by atoms with E-state index in [-0.39, 0.29) is 11.3 Å². The molecule has 15 heavy (non-hydrogen) atoms. The number of rotatable bonds is 6. The van der Waals surface area contributed by atoms with E-state index in [4.69, 9.17) is 5.73 Å². The van der Waals surface area contributed by atoms with Gasteiger partial charge in [0, 0.05) is 13.1 Å². The van der Waals surface area contributed by atoms with Crippen molar-refractivity contribution < 1.29 is 9.90 Å². The van der Waals surface area contributed by atoms with Gasteiger partial charge in [0.1, 0.15) is 0 Å². The van der Waals surface area contributed by atoms with Crippen molar-refractivity contribution >= 4 is 5.91 Å². The predicted octanol–water partition coefficient (Wildman–Crippen LogP) is 0.393. The van der Waals surface area contributed by atoms with Crippen molar-refractivity contribution in [2.75, 3.05) is 13.1 Å². The smallest absolute Gasteiger partial charge is 0.227 e. The Morgan fingerprint density at radius 3 is 2.67 bits per heavy atom. The molecule has 1 aliphatic rings. The fraction of sp³-hybridized carbons (Fsp3) is 0.909. The van der Waals surface area contributed by atoms with Crippen molar-refractivity contribution in [2.45, 2.75) is 45.1 Å². The van der Waals surface area contributed by atoms with Gasteiger partial charge in [0.05, 0.1) is 11.5 Å². The lowest BCUT2D eigenvalue weighted by Crippen LogP contribution is -2.51. The number of hydrogen-bond donors (Lipinski definition) is 3. The topological polar surface area (TPSA) is 75.3 Å². The number of hydrogen-bond acceptors (Lipinski definition) is 3. The van der Waals surface area contributed by atoms with Gasteiger partial charge in [0.15, 0.2) is 0 Å². The minimum Gasteiger partial charge on any atom is -0.391 e. The first-order valence-corrected chi connectivity index (χ1v) is 5.81. The highest BCUT2D eigenvalue weighted by Gasteiger charge is 2.42. The summed E-state index contributed by atoms with van der Waals surface area (Å²) in [6.07, 6.45) is 4.10. The lowest BCUT2D eigenvalue weighted by atomic mass is 9.68. The third-order valence-corrected chi connectivity index (χ3v) is 3.30. The molecular weight excluding hydrogens is 192 g/mol. The van der Waals surface area contributed by atoms with E-state index in [0.29, 0.717) is 13.1 Å². The molecule has 1 atom stereocenters. The van der Waals surface area contributed by atoms with E-state index in [1.165, 1.54) is 0 Å². The number of aliphatic hydroxyl groups excluding tert-OH is 1.